The average Bonchev–Trinajstić information content (AvgIpc) is 2.15. The molecule has 2 rings (SSSR count). The van der Waals surface area contributed by atoms with Crippen LogP contribution in [-0.2, 0) is 4.79 Å². The molecule has 1 heterocycles. The van der Waals surface area contributed by atoms with Crippen LogP contribution >= 0.6 is 22.6 Å². The Morgan fingerprint density at radius 1 is 1.56 bits per heavy atom. The lowest BCUT2D eigenvalue weighted by Crippen LogP contribution is -2.53. The summed E-state index contributed by atoms with van der Waals surface area (Å²) in [5.41, 5.74) is 0.818. The van der Waals surface area contributed by atoms with E-state index >= 15 is 0 Å². The predicted octanol–water partition coefficient (Wildman–Crippen LogP) is 0.906. The fourth-order valence-corrected chi connectivity index (χ4v) is 2.18. The van der Waals surface area contributed by atoms with Crippen LogP contribution in [-0.4, -0.2) is 41.7 Å². The Labute approximate surface area is 108 Å². The van der Waals surface area contributed by atoms with Crippen LogP contribution in [0.3, 0.4) is 0 Å². The fraction of sp³-hybridized carbons (Fsp3) is 0.364. The van der Waals surface area contributed by atoms with Crippen molar-refractivity contribution in [2.75, 3.05) is 25.0 Å². The number of aliphatic hydroxyl groups excluding tert-OH is 1. The van der Waals surface area contributed by atoms with Crippen LogP contribution in [0, 0.1) is 3.57 Å². The number of likely N-dealkylation sites (tertiary alicyclic amines) is 1. The molecular formula is C11H13IN2O2. The summed E-state index contributed by atoms with van der Waals surface area (Å²) < 4.78 is 1.09. The van der Waals surface area contributed by atoms with Gasteiger partial charge in [0, 0.05) is 22.3 Å². The van der Waals surface area contributed by atoms with Crippen LogP contribution in [0.2, 0.25) is 0 Å². The Morgan fingerprint density at radius 3 is 2.94 bits per heavy atom. The predicted molar refractivity (Wildman–Crippen MR) is 70.2 cm³/mol. The van der Waals surface area contributed by atoms with E-state index < -0.39 is 0 Å². The Bertz CT molecular complexity index is 391. The second kappa shape index (κ2) is 5.11. The molecule has 1 aromatic rings. The first-order valence-corrected chi connectivity index (χ1v) is 6.17. The van der Waals surface area contributed by atoms with E-state index in [2.05, 4.69) is 27.9 Å². The summed E-state index contributed by atoms with van der Waals surface area (Å²) in [6, 6.07) is 7.67. The smallest absolute Gasteiger partial charge is 0.238 e. The first-order valence-electron chi connectivity index (χ1n) is 5.09. The van der Waals surface area contributed by atoms with E-state index in [1.165, 1.54) is 0 Å². The number of nitrogens with zero attached hydrogens (tertiary/aromatic N) is 1. The molecule has 1 amide bonds. The zero-order valence-corrected chi connectivity index (χ0v) is 10.8. The van der Waals surface area contributed by atoms with Crippen LogP contribution in [0.5, 0.6) is 0 Å². The van der Waals surface area contributed by atoms with Gasteiger partial charge in [-0.25, -0.2) is 0 Å². The van der Waals surface area contributed by atoms with Crippen molar-refractivity contribution in [2.45, 2.75) is 6.10 Å². The van der Waals surface area contributed by atoms with Gasteiger partial charge in [-0.05, 0) is 40.8 Å². The number of carbonyl (C=O) groups is 1. The summed E-state index contributed by atoms with van der Waals surface area (Å²) in [4.78, 5) is 13.5. The molecule has 0 aromatic heterocycles. The number of carbonyl (C=O) groups excluding carboxylic acids is 1. The number of anilines is 1. The highest BCUT2D eigenvalue weighted by Gasteiger charge is 2.25. The molecule has 0 unspecified atom stereocenters. The maximum Gasteiger partial charge on any atom is 0.238 e. The lowest BCUT2D eigenvalue weighted by atomic mass is 10.2. The summed E-state index contributed by atoms with van der Waals surface area (Å²) in [6.45, 7) is 1.54. The largest absolute Gasteiger partial charge is 0.390 e. The summed E-state index contributed by atoms with van der Waals surface area (Å²) in [7, 11) is 0. The Hall–Kier alpha value is -0.660. The van der Waals surface area contributed by atoms with Crippen molar-refractivity contribution in [3.8, 4) is 0 Å². The first kappa shape index (κ1) is 11.8. The van der Waals surface area contributed by atoms with Crippen molar-refractivity contribution in [1.29, 1.82) is 0 Å². The van der Waals surface area contributed by atoms with Gasteiger partial charge in [-0.3, -0.25) is 9.69 Å². The van der Waals surface area contributed by atoms with E-state index in [0.29, 0.717) is 19.6 Å². The number of rotatable bonds is 3. The van der Waals surface area contributed by atoms with Crippen molar-refractivity contribution in [3.05, 3.63) is 27.8 Å². The van der Waals surface area contributed by atoms with Gasteiger partial charge in [0.05, 0.1) is 12.6 Å². The van der Waals surface area contributed by atoms with E-state index in [4.69, 9.17) is 5.11 Å². The van der Waals surface area contributed by atoms with E-state index in [1.807, 2.05) is 29.2 Å². The van der Waals surface area contributed by atoms with Gasteiger partial charge in [0.15, 0.2) is 0 Å². The zero-order valence-electron chi connectivity index (χ0n) is 8.69. The zero-order chi connectivity index (χ0) is 11.5. The highest BCUT2D eigenvalue weighted by molar-refractivity contribution is 14.1. The summed E-state index contributed by atoms with van der Waals surface area (Å²) in [5, 5.41) is 11.9. The van der Waals surface area contributed by atoms with E-state index in [9.17, 15) is 4.79 Å². The van der Waals surface area contributed by atoms with Gasteiger partial charge in [0.1, 0.15) is 0 Å². The number of amides is 1. The number of hydrogen-bond acceptors (Lipinski definition) is 3. The van der Waals surface area contributed by atoms with Gasteiger partial charge >= 0.3 is 0 Å². The number of β-amino-alcohol motifs (C(OH)–C–C–N with tert-alkyl or cyclic N) is 1. The van der Waals surface area contributed by atoms with Crippen LogP contribution in [0.1, 0.15) is 0 Å². The SMILES string of the molecule is O=C(CN1CC(O)C1)Nc1cccc(I)c1. The number of aliphatic hydroxyl groups is 1. The second-order valence-corrected chi connectivity index (χ2v) is 5.15. The molecule has 1 aliphatic heterocycles. The maximum absolute atomic E-state index is 11.6. The average molecular weight is 332 g/mol. The minimum atomic E-state index is -0.259. The van der Waals surface area contributed by atoms with Crippen molar-refractivity contribution in [3.63, 3.8) is 0 Å². The minimum Gasteiger partial charge on any atom is -0.390 e. The summed E-state index contributed by atoms with van der Waals surface area (Å²) >= 11 is 2.20. The molecule has 1 fully saturated rings. The third-order valence-corrected chi connectivity index (χ3v) is 3.08. The molecule has 1 aromatic carbocycles. The highest BCUT2D eigenvalue weighted by atomic mass is 127. The van der Waals surface area contributed by atoms with Crippen molar-refractivity contribution in [1.82, 2.24) is 4.90 Å². The van der Waals surface area contributed by atoms with Crippen molar-refractivity contribution >= 4 is 34.2 Å². The highest BCUT2D eigenvalue weighted by Crippen LogP contribution is 2.13. The van der Waals surface area contributed by atoms with Crippen LogP contribution in [0.15, 0.2) is 24.3 Å². The third-order valence-electron chi connectivity index (χ3n) is 2.41. The molecular weight excluding hydrogens is 319 g/mol. The summed E-state index contributed by atoms with van der Waals surface area (Å²) in [6.07, 6.45) is -0.259. The number of hydrogen-bond donors (Lipinski definition) is 2. The normalized spacial score (nSPS) is 16.9. The minimum absolute atomic E-state index is 0.0334. The molecule has 0 radical (unpaired) electrons. The molecule has 1 aliphatic rings. The Morgan fingerprint density at radius 2 is 2.31 bits per heavy atom. The molecule has 86 valence electrons. The third kappa shape index (κ3) is 3.16. The lowest BCUT2D eigenvalue weighted by molar-refractivity contribution is -0.119. The molecule has 16 heavy (non-hydrogen) atoms. The number of benzene rings is 1. The van der Waals surface area contributed by atoms with Gasteiger partial charge in [0.2, 0.25) is 5.91 Å². The topological polar surface area (TPSA) is 52.6 Å². The van der Waals surface area contributed by atoms with E-state index in [-0.39, 0.29) is 12.0 Å². The maximum atomic E-state index is 11.6. The molecule has 0 spiro atoms. The van der Waals surface area contributed by atoms with Gasteiger partial charge in [-0.15, -0.1) is 0 Å². The van der Waals surface area contributed by atoms with Gasteiger partial charge in [0.25, 0.3) is 0 Å². The molecule has 4 nitrogen and oxygen atoms in total. The van der Waals surface area contributed by atoms with Gasteiger partial charge in [-0.1, -0.05) is 6.07 Å². The van der Waals surface area contributed by atoms with Crippen LogP contribution in [0.4, 0.5) is 5.69 Å². The van der Waals surface area contributed by atoms with Crippen LogP contribution < -0.4 is 5.32 Å². The quantitative estimate of drug-likeness (QED) is 0.809. The molecule has 2 N–H and O–H groups in total. The van der Waals surface area contributed by atoms with Crippen LogP contribution in [0.25, 0.3) is 0 Å². The molecule has 1 saturated heterocycles. The van der Waals surface area contributed by atoms with E-state index in [0.717, 1.165) is 9.26 Å². The van der Waals surface area contributed by atoms with Gasteiger partial charge in [-0.2, -0.15) is 0 Å². The Kier molecular flexibility index (Phi) is 3.78. The molecule has 0 aliphatic carbocycles. The molecule has 0 bridgehead atoms. The van der Waals surface area contributed by atoms with Crippen molar-refractivity contribution in [2.24, 2.45) is 0 Å². The first-order chi connectivity index (χ1) is 7.63. The van der Waals surface area contributed by atoms with Gasteiger partial charge < -0.3 is 10.4 Å². The van der Waals surface area contributed by atoms with Crippen molar-refractivity contribution < 1.29 is 9.90 Å². The lowest BCUT2D eigenvalue weighted by Gasteiger charge is -2.34. The fourth-order valence-electron chi connectivity index (χ4n) is 1.64. The number of nitrogens with one attached hydrogen (secondary N) is 1. The standard InChI is InChI=1S/C11H13IN2O2/c12-8-2-1-3-9(4-8)13-11(16)7-14-5-10(15)6-14/h1-4,10,15H,5-7H2,(H,13,16). The molecule has 5 heteroatoms. The molecule has 0 saturated carbocycles. The Balaban J connectivity index is 1.83. The number of halogens is 1. The van der Waals surface area contributed by atoms with E-state index in [1.54, 1.807) is 0 Å². The monoisotopic (exact) mass is 332 g/mol. The summed E-state index contributed by atoms with van der Waals surface area (Å²) in [5.74, 6) is -0.0334. The molecule has 0 atom stereocenters. The second-order valence-electron chi connectivity index (χ2n) is 3.91.